The second-order valence-electron chi connectivity index (χ2n) is 8.93. The molecule has 3 aromatic heterocycles. The first-order valence-corrected chi connectivity index (χ1v) is 12.1. The molecular weight excluding hydrogens is 587 g/mol. The van der Waals surface area contributed by atoms with E-state index in [0.717, 1.165) is 11.1 Å². The van der Waals surface area contributed by atoms with Crippen LogP contribution in [0.4, 0.5) is 8.78 Å². The zero-order chi connectivity index (χ0) is 22.7. The summed E-state index contributed by atoms with van der Waals surface area (Å²) in [4.78, 5) is 12.0. The van der Waals surface area contributed by atoms with Crippen LogP contribution in [-0.2, 0) is 29.6 Å². The van der Waals surface area contributed by atoms with Crippen molar-refractivity contribution in [3.05, 3.63) is 65.7 Å². The first-order valence-electron chi connectivity index (χ1n) is 9.31. The summed E-state index contributed by atoms with van der Waals surface area (Å²) in [6.07, 6.45) is 3.23. The minimum absolute atomic E-state index is 0.0328. The van der Waals surface area contributed by atoms with Crippen LogP contribution in [0.5, 0.6) is 0 Å². The van der Waals surface area contributed by atoms with Gasteiger partial charge >= 0.3 is 28.2 Å². The quantitative estimate of drug-likeness (QED) is 0.244. The molecule has 0 N–H and O–H groups in total. The Morgan fingerprint density at radius 3 is 1.47 bits per heavy atom. The van der Waals surface area contributed by atoms with Crippen molar-refractivity contribution >= 4 is 9.42 Å². The van der Waals surface area contributed by atoms with Gasteiger partial charge < -0.3 is 0 Å². The van der Waals surface area contributed by atoms with Crippen LogP contribution in [0.15, 0.2) is 36.7 Å². The van der Waals surface area contributed by atoms with Crippen LogP contribution in [-0.4, -0.2) is 15.0 Å². The Kier molecular flexibility index (Phi) is 7.87. The Balaban J connectivity index is 0.00000155. The van der Waals surface area contributed by atoms with Crippen LogP contribution < -0.4 is 0 Å². The van der Waals surface area contributed by atoms with E-state index in [0.29, 0.717) is 11.4 Å². The molecule has 0 aliphatic carbocycles. The van der Waals surface area contributed by atoms with Crippen molar-refractivity contribution in [2.45, 2.75) is 52.4 Å². The van der Waals surface area contributed by atoms with Crippen LogP contribution in [0.3, 0.4) is 0 Å². The van der Waals surface area contributed by atoms with Gasteiger partial charge in [0.2, 0.25) is 0 Å². The Labute approximate surface area is 192 Å². The van der Waals surface area contributed by atoms with Crippen molar-refractivity contribution in [3.63, 3.8) is 0 Å². The van der Waals surface area contributed by atoms with E-state index in [4.69, 9.17) is 0 Å². The minimum atomic E-state index is -0.938. The normalized spacial score (nSPS) is 11.7. The van der Waals surface area contributed by atoms with Crippen LogP contribution in [0.2, 0.25) is 0 Å². The van der Waals surface area contributed by atoms with E-state index < -0.39 is 11.9 Å². The fraction of sp³-hybridized carbons (Fsp3) is 0.348. The third-order valence-electron chi connectivity index (χ3n) is 4.62. The zero-order valence-electron chi connectivity index (χ0n) is 17.8. The first-order chi connectivity index (χ1) is 14.0. The Morgan fingerprint density at radius 2 is 1.13 bits per heavy atom. The molecule has 0 aliphatic rings. The summed E-state index contributed by atoms with van der Waals surface area (Å²) < 4.78 is 29.0. The number of aromatic nitrogens is 3. The molecule has 0 radical (unpaired) electrons. The second kappa shape index (κ2) is 9.61. The van der Waals surface area contributed by atoms with E-state index in [9.17, 15) is 8.78 Å². The van der Waals surface area contributed by atoms with Gasteiger partial charge in [-0.3, -0.25) is 15.0 Å². The predicted molar refractivity (Wildman–Crippen MR) is 113 cm³/mol. The molecule has 0 amide bonds. The van der Waals surface area contributed by atoms with Crippen molar-refractivity contribution in [2.75, 3.05) is 0 Å². The van der Waals surface area contributed by atoms with Gasteiger partial charge in [-0.25, -0.2) is 8.78 Å². The molecule has 0 fully saturated rings. The molecule has 3 nitrogen and oxygen atoms in total. The number of hydrogen-bond acceptors (Lipinski definition) is 3. The van der Waals surface area contributed by atoms with Crippen LogP contribution >= 0.6 is 9.42 Å². The number of rotatable bonds is 2. The molecule has 30 heavy (non-hydrogen) atoms. The molecule has 0 unspecified atom stereocenters. The van der Waals surface area contributed by atoms with Gasteiger partial charge in [0.25, 0.3) is 0 Å². The van der Waals surface area contributed by atoms with Gasteiger partial charge in [-0.05, 0) is 45.2 Å². The van der Waals surface area contributed by atoms with Crippen LogP contribution in [0.1, 0.15) is 52.7 Å². The Morgan fingerprint density at radius 1 is 0.767 bits per heavy atom. The van der Waals surface area contributed by atoms with E-state index in [1.807, 2.05) is 12.1 Å². The van der Waals surface area contributed by atoms with Crippen LogP contribution in [0, 0.1) is 18.0 Å². The van der Waals surface area contributed by atoms with Gasteiger partial charge in [0.1, 0.15) is 11.9 Å². The average Bonchev–Trinajstić information content (AvgIpc) is 2.68. The topological polar surface area (TPSA) is 38.7 Å². The van der Waals surface area contributed by atoms with Crippen molar-refractivity contribution in [1.82, 2.24) is 15.0 Å². The monoisotopic (exact) mass is 610 g/mol. The molecule has 3 aromatic rings. The summed E-state index contributed by atoms with van der Waals surface area (Å²) in [7, 11) is 4.61. The van der Waals surface area contributed by atoms with Crippen molar-refractivity contribution in [1.29, 1.82) is 0 Å². The summed E-state index contributed by atoms with van der Waals surface area (Å²) in [5.41, 5.74) is 2.51. The van der Waals surface area contributed by atoms with Crippen LogP contribution in [0.25, 0.3) is 22.5 Å². The third-order valence-corrected chi connectivity index (χ3v) is 4.62. The molecule has 0 atom stereocenters. The fourth-order valence-electron chi connectivity index (χ4n) is 2.83. The van der Waals surface area contributed by atoms with Gasteiger partial charge in [-0.15, -0.1) is 6.07 Å². The molecule has 0 aromatic carbocycles. The standard InChI is InChI=1S/C23H24F2N3.ClH.Pt/c1-22(2,3)14-7-9-26-18(11-14)16-13-17(21(25)28-20(16)24)19-12-15(8-10-27-19)23(4,5)6;;/h7-12H,1-6H3;1H;/q-1;;+2/p-1. The van der Waals surface area contributed by atoms with Gasteiger partial charge in [0, 0.05) is 23.8 Å². The number of nitrogens with zero attached hydrogens (tertiary/aromatic N) is 3. The summed E-state index contributed by atoms with van der Waals surface area (Å²) in [6, 6.07) is 10.2. The van der Waals surface area contributed by atoms with Crippen molar-refractivity contribution < 1.29 is 27.6 Å². The third kappa shape index (κ3) is 5.70. The molecule has 162 valence electrons. The average molecular weight is 611 g/mol. The molecule has 0 aliphatic heterocycles. The number of halogens is 3. The Hall–Kier alpha value is -1.71. The molecule has 0 spiro atoms. The van der Waals surface area contributed by atoms with E-state index in [1.54, 1.807) is 43.3 Å². The van der Waals surface area contributed by atoms with E-state index >= 15 is 0 Å². The van der Waals surface area contributed by atoms with Gasteiger partial charge in [0.15, 0.2) is 0 Å². The summed E-state index contributed by atoms with van der Waals surface area (Å²) in [6.45, 7) is 12.3. The van der Waals surface area contributed by atoms with E-state index in [-0.39, 0.29) is 22.0 Å². The van der Waals surface area contributed by atoms with E-state index in [1.165, 1.54) is 0 Å². The molecular formula is C23H24ClF2N3Pt. The molecule has 3 heterocycles. The fourth-order valence-corrected chi connectivity index (χ4v) is 2.83. The summed E-state index contributed by atoms with van der Waals surface area (Å²) in [5, 5.41) is 0. The van der Waals surface area contributed by atoms with Gasteiger partial charge in [0.05, 0.1) is 0 Å². The molecule has 0 bridgehead atoms. The second-order valence-corrected chi connectivity index (χ2v) is 8.93. The van der Waals surface area contributed by atoms with Gasteiger partial charge in [-0.1, -0.05) is 53.7 Å². The molecule has 0 saturated heterocycles. The molecule has 0 saturated carbocycles. The summed E-state index contributed by atoms with van der Waals surface area (Å²) >= 11 is 1.61. The number of hydrogen-bond donors (Lipinski definition) is 0. The maximum absolute atomic E-state index is 14.5. The van der Waals surface area contributed by atoms with E-state index in [2.05, 4.69) is 72.0 Å². The Bertz CT molecular complexity index is 949. The molecule has 3 rings (SSSR count). The number of pyridine rings is 3. The molecule has 7 heteroatoms. The zero-order valence-corrected chi connectivity index (χ0v) is 20.8. The SMILES string of the molecule is CC(C)(C)c1ccnc(-c2[c-]c(-c3cc(C(C)(C)C)ccn3)c(F)nc2F)c1.[Cl][Pt+]. The summed E-state index contributed by atoms with van der Waals surface area (Å²) in [5.74, 6) is -1.88. The predicted octanol–water partition coefficient (Wildman–Crippen LogP) is 6.57. The van der Waals surface area contributed by atoms with Crippen molar-refractivity contribution in [2.24, 2.45) is 0 Å². The first kappa shape index (κ1) is 24.6. The maximum atomic E-state index is 14.5. The van der Waals surface area contributed by atoms with Gasteiger partial charge in [-0.2, -0.15) is 0 Å². The van der Waals surface area contributed by atoms with Crippen molar-refractivity contribution in [3.8, 4) is 22.5 Å².